The number of nitrogens with one attached hydrogen (secondary N) is 1. The van der Waals surface area contributed by atoms with E-state index in [9.17, 15) is 0 Å². The van der Waals surface area contributed by atoms with Crippen LogP contribution in [0.15, 0.2) is 93.8 Å². The Bertz CT molecular complexity index is 2800. The highest BCUT2D eigenvalue weighted by Crippen LogP contribution is 2.35. The van der Waals surface area contributed by atoms with Crippen molar-refractivity contribution in [2.75, 3.05) is 99.1 Å². The number of aromatic amines is 1. The molecule has 59 heavy (non-hydrogen) atoms. The lowest BCUT2D eigenvalue weighted by Crippen LogP contribution is -2.44. The summed E-state index contributed by atoms with van der Waals surface area (Å²) in [5.41, 5.74) is 14.3. The second-order valence-electron chi connectivity index (χ2n) is 16.8. The third-order valence-corrected chi connectivity index (χ3v) is 13.2. The minimum Gasteiger partial charge on any atom is -0.423 e. The Morgan fingerprint density at radius 3 is 1.69 bits per heavy atom. The average Bonchev–Trinajstić information content (AvgIpc) is 4.06. The lowest BCUT2D eigenvalue weighted by molar-refractivity contribution is 0.305. The summed E-state index contributed by atoms with van der Waals surface area (Å²) in [6, 6.07) is 31.7. The number of benzene rings is 4. The molecule has 8 aromatic rings. The molecule has 4 aromatic heterocycles. The Labute approximate surface area is 344 Å². The smallest absolute Gasteiger partial charge is 0.298 e. The number of aromatic nitrogens is 4. The van der Waals surface area contributed by atoms with Crippen LogP contribution in [0.5, 0.6) is 0 Å². The van der Waals surface area contributed by atoms with Gasteiger partial charge >= 0.3 is 0 Å². The zero-order chi connectivity index (χ0) is 39.6. The van der Waals surface area contributed by atoms with Gasteiger partial charge in [-0.25, -0.2) is 0 Å². The molecule has 0 amide bonds. The SMILES string of the molecule is CN1CCN(c2nc3cc(N4CCc5c([nH]c6ccccc56)C4)ccc3o2)CC1.CN1CCN(c2nc3cc(N4CCc5c(n(C)c6ccccc56)C4)ccc3o2)CC1. The van der Waals surface area contributed by atoms with Crippen LogP contribution in [-0.4, -0.2) is 109 Å². The summed E-state index contributed by atoms with van der Waals surface area (Å²) in [7, 11) is 6.51. The van der Waals surface area contributed by atoms with E-state index in [2.05, 4.69) is 145 Å². The number of oxazole rings is 2. The van der Waals surface area contributed by atoms with Crippen LogP contribution in [-0.2, 0) is 33.0 Å². The molecule has 12 nitrogen and oxygen atoms in total. The van der Waals surface area contributed by atoms with Gasteiger partial charge in [-0.1, -0.05) is 36.4 Å². The molecule has 0 unspecified atom stereocenters. The van der Waals surface area contributed by atoms with E-state index in [-0.39, 0.29) is 0 Å². The quantitative estimate of drug-likeness (QED) is 0.197. The first kappa shape index (κ1) is 36.1. The highest BCUT2D eigenvalue weighted by molar-refractivity contribution is 5.87. The van der Waals surface area contributed by atoms with Crippen molar-refractivity contribution in [1.29, 1.82) is 0 Å². The second kappa shape index (κ2) is 14.7. The normalized spacial score (nSPS) is 17.9. The number of nitrogens with zero attached hydrogens (tertiary/aromatic N) is 9. The lowest BCUT2D eigenvalue weighted by atomic mass is 10.0. The standard InChI is InChI=1S/C24H27N5O.C23H25N5O/c1-26-11-13-28(14-12-26)24-25-20-15-17(7-8-23(20)30-24)29-10-9-19-18-5-3-4-6-21(18)27(2)22(19)16-29;1-26-10-12-27(13-11-26)23-25-20-14-16(6-7-22(20)29-23)28-9-8-18-17-4-2-3-5-19(17)24-21(18)15-28/h3-8,15H,9-14,16H2,1-2H3;2-7,14,24H,8-13,15H2,1H3. The van der Waals surface area contributed by atoms with Crippen molar-refractivity contribution in [1.82, 2.24) is 29.3 Å². The Morgan fingerprint density at radius 2 is 1.07 bits per heavy atom. The van der Waals surface area contributed by atoms with Crippen LogP contribution in [0.3, 0.4) is 0 Å². The van der Waals surface area contributed by atoms with Crippen molar-refractivity contribution < 1.29 is 8.83 Å². The van der Waals surface area contributed by atoms with Gasteiger partial charge in [0.05, 0.1) is 13.1 Å². The van der Waals surface area contributed by atoms with Crippen molar-refractivity contribution in [2.24, 2.45) is 7.05 Å². The van der Waals surface area contributed by atoms with Crippen LogP contribution < -0.4 is 19.6 Å². The lowest BCUT2D eigenvalue weighted by Gasteiger charge is -2.31. The molecule has 0 spiro atoms. The first-order valence-corrected chi connectivity index (χ1v) is 21.2. The molecule has 4 aromatic carbocycles. The van der Waals surface area contributed by atoms with Gasteiger partial charge in [-0.15, -0.1) is 0 Å². The summed E-state index contributed by atoms with van der Waals surface area (Å²) in [4.78, 5) is 27.3. The van der Waals surface area contributed by atoms with Gasteiger partial charge in [0, 0.05) is 117 Å². The molecule has 0 saturated carbocycles. The Morgan fingerprint density at radius 1 is 0.525 bits per heavy atom. The van der Waals surface area contributed by atoms with Crippen molar-refractivity contribution in [3.63, 3.8) is 0 Å². The van der Waals surface area contributed by atoms with E-state index >= 15 is 0 Å². The number of fused-ring (bicyclic) bond motifs is 8. The summed E-state index contributed by atoms with van der Waals surface area (Å²) < 4.78 is 14.5. The van der Waals surface area contributed by atoms with Crippen molar-refractivity contribution in [3.8, 4) is 0 Å². The monoisotopic (exact) mass is 788 g/mol. The van der Waals surface area contributed by atoms with Crippen LogP contribution in [0.2, 0.25) is 0 Å². The number of H-pyrrole nitrogens is 1. The largest absolute Gasteiger partial charge is 0.423 e. The third kappa shape index (κ3) is 6.64. The molecular formula is C47H52N10O2. The van der Waals surface area contributed by atoms with Gasteiger partial charge in [0.1, 0.15) is 11.0 Å². The molecule has 4 aliphatic rings. The van der Waals surface area contributed by atoms with E-state index in [1.54, 1.807) is 0 Å². The predicted octanol–water partition coefficient (Wildman–Crippen LogP) is 7.26. The number of piperazine rings is 2. The van der Waals surface area contributed by atoms with Crippen molar-refractivity contribution >= 4 is 67.4 Å². The molecule has 0 bridgehead atoms. The number of rotatable bonds is 4. The van der Waals surface area contributed by atoms with E-state index in [1.807, 2.05) is 0 Å². The molecular weight excluding hydrogens is 737 g/mol. The molecule has 1 N–H and O–H groups in total. The predicted molar refractivity (Wildman–Crippen MR) is 238 cm³/mol. The maximum absolute atomic E-state index is 6.07. The van der Waals surface area contributed by atoms with Gasteiger partial charge in [-0.3, -0.25) is 0 Å². The first-order valence-electron chi connectivity index (χ1n) is 21.2. The third-order valence-electron chi connectivity index (χ3n) is 13.2. The van der Waals surface area contributed by atoms with Gasteiger partial charge in [0.25, 0.3) is 12.0 Å². The van der Waals surface area contributed by atoms with Crippen molar-refractivity contribution in [3.05, 3.63) is 107 Å². The molecule has 4 aliphatic heterocycles. The fourth-order valence-electron chi connectivity index (χ4n) is 9.61. The number of aryl methyl sites for hydroxylation is 1. The topological polar surface area (TPSA) is 92.2 Å². The highest BCUT2D eigenvalue weighted by atomic mass is 16.4. The van der Waals surface area contributed by atoms with E-state index < -0.39 is 0 Å². The van der Waals surface area contributed by atoms with Crippen LogP contribution >= 0.6 is 0 Å². The molecule has 12 heteroatoms. The van der Waals surface area contributed by atoms with Crippen molar-refractivity contribution in [2.45, 2.75) is 25.9 Å². The number of para-hydroxylation sites is 2. The maximum atomic E-state index is 6.07. The van der Waals surface area contributed by atoms with Gasteiger partial charge in [-0.2, -0.15) is 9.97 Å². The van der Waals surface area contributed by atoms with Crippen LogP contribution in [0.1, 0.15) is 22.5 Å². The zero-order valence-electron chi connectivity index (χ0n) is 34.3. The number of anilines is 4. The molecule has 12 rings (SSSR count). The summed E-state index contributed by atoms with van der Waals surface area (Å²) in [6.45, 7) is 11.9. The first-order chi connectivity index (χ1) is 28.9. The minimum atomic E-state index is 0.752. The fourth-order valence-corrected chi connectivity index (χ4v) is 9.61. The zero-order valence-corrected chi connectivity index (χ0v) is 34.3. The summed E-state index contributed by atoms with van der Waals surface area (Å²) in [6.07, 6.45) is 2.13. The fraction of sp³-hybridized carbons (Fsp3) is 0.362. The maximum Gasteiger partial charge on any atom is 0.298 e. The van der Waals surface area contributed by atoms with Gasteiger partial charge < -0.3 is 47.8 Å². The van der Waals surface area contributed by atoms with Crippen LogP contribution in [0.4, 0.5) is 23.4 Å². The van der Waals surface area contributed by atoms with Crippen LogP contribution in [0, 0.1) is 0 Å². The molecule has 302 valence electrons. The minimum absolute atomic E-state index is 0.752. The van der Waals surface area contributed by atoms with Gasteiger partial charge in [-0.05, 0) is 86.6 Å². The van der Waals surface area contributed by atoms with E-state index in [0.29, 0.717) is 0 Å². The average molecular weight is 789 g/mol. The highest BCUT2D eigenvalue weighted by Gasteiger charge is 2.26. The summed E-state index contributed by atoms with van der Waals surface area (Å²) >= 11 is 0. The Kier molecular flexibility index (Phi) is 8.99. The van der Waals surface area contributed by atoms with Gasteiger partial charge in [0.15, 0.2) is 11.2 Å². The molecule has 0 atom stereocenters. The number of likely N-dealkylation sites (N-methyl/N-ethyl adjacent to an activating group) is 2. The van der Waals surface area contributed by atoms with E-state index in [4.69, 9.17) is 18.8 Å². The van der Waals surface area contributed by atoms with Gasteiger partial charge in [0.2, 0.25) is 0 Å². The molecule has 0 aliphatic carbocycles. The molecule has 2 fully saturated rings. The molecule has 8 heterocycles. The Balaban J connectivity index is 0.000000135. The number of hydrogen-bond acceptors (Lipinski definition) is 10. The van der Waals surface area contributed by atoms with E-state index in [0.717, 1.165) is 126 Å². The second-order valence-corrected chi connectivity index (χ2v) is 16.8. The molecule has 0 radical (unpaired) electrons. The summed E-state index contributed by atoms with van der Waals surface area (Å²) in [5.74, 6) is 0. The molecule has 2 saturated heterocycles. The van der Waals surface area contributed by atoms with E-state index in [1.165, 1.54) is 55.7 Å². The summed E-state index contributed by atoms with van der Waals surface area (Å²) in [5, 5.41) is 2.77. The Hall–Kier alpha value is -5.98. The number of hydrogen-bond donors (Lipinski definition) is 1. The van der Waals surface area contributed by atoms with Crippen LogP contribution in [0.25, 0.3) is 44.0 Å².